The van der Waals surface area contributed by atoms with Crippen LogP contribution in [-0.2, 0) is 14.3 Å². The van der Waals surface area contributed by atoms with Crippen LogP contribution >= 0.6 is 0 Å². The van der Waals surface area contributed by atoms with E-state index >= 15 is 0 Å². The number of amides is 1. The molecule has 114 valence electrons. The number of methoxy groups -OCH3 is 1. The highest BCUT2D eigenvalue weighted by molar-refractivity contribution is 5.96. The predicted molar refractivity (Wildman–Crippen MR) is 80.4 cm³/mol. The number of carbonyl (C=O) groups excluding carboxylic acids is 1. The molecule has 0 aliphatic carbocycles. The largest absolute Gasteiger partial charge is 0.378 e. The molecule has 2 unspecified atom stereocenters. The lowest BCUT2D eigenvalue weighted by molar-refractivity contribution is -0.119. The van der Waals surface area contributed by atoms with Crippen LogP contribution in [0, 0.1) is 0 Å². The summed E-state index contributed by atoms with van der Waals surface area (Å²) in [7, 11) is 3.56. The fourth-order valence-electron chi connectivity index (χ4n) is 3.10. The van der Waals surface area contributed by atoms with Crippen molar-refractivity contribution in [3.63, 3.8) is 0 Å². The summed E-state index contributed by atoms with van der Waals surface area (Å²) in [5.41, 5.74) is 1.89. The van der Waals surface area contributed by atoms with E-state index in [2.05, 4.69) is 11.4 Å². The second-order valence-corrected chi connectivity index (χ2v) is 5.84. The van der Waals surface area contributed by atoms with E-state index in [4.69, 9.17) is 9.47 Å². The molecular formula is C16H22N2O3. The number of hydrogen-bond donors (Lipinski definition) is 1. The molecule has 1 aromatic carbocycles. The smallest absolute Gasteiger partial charge is 0.228 e. The maximum Gasteiger partial charge on any atom is 0.228 e. The Labute approximate surface area is 125 Å². The van der Waals surface area contributed by atoms with E-state index in [0.717, 1.165) is 18.7 Å². The normalized spacial score (nSPS) is 28.8. The van der Waals surface area contributed by atoms with Crippen LogP contribution in [-0.4, -0.2) is 45.4 Å². The number of rotatable bonds is 4. The minimum Gasteiger partial charge on any atom is -0.378 e. The van der Waals surface area contributed by atoms with Crippen molar-refractivity contribution in [2.75, 3.05) is 38.8 Å². The van der Waals surface area contributed by atoms with Crippen LogP contribution in [0.1, 0.15) is 24.4 Å². The van der Waals surface area contributed by atoms with Gasteiger partial charge in [0.25, 0.3) is 0 Å². The number of carbonyl (C=O) groups is 1. The fourth-order valence-corrected chi connectivity index (χ4v) is 3.10. The van der Waals surface area contributed by atoms with Crippen molar-refractivity contribution < 1.29 is 14.3 Å². The summed E-state index contributed by atoms with van der Waals surface area (Å²) in [6.07, 6.45) is 1.37. The number of nitrogens with zero attached hydrogens (tertiary/aromatic N) is 1. The minimum absolute atomic E-state index is 0.0394. The van der Waals surface area contributed by atoms with Gasteiger partial charge in [-0.3, -0.25) is 4.79 Å². The summed E-state index contributed by atoms with van der Waals surface area (Å²) >= 11 is 0. The van der Waals surface area contributed by atoms with Crippen LogP contribution in [0.25, 0.3) is 0 Å². The summed E-state index contributed by atoms with van der Waals surface area (Å²) in [6, 6.07) is 8.10. The zero-order valence-electron chi connectivity index (χ0n) is 12.6. The predicted octanol–water partition coefficient (Wildman–Crippen LogP) is 1.49. The van der Waals surface area contributed by atoms with E-state index in [0.29, 0.717) is 19.6 Å². The third kappa shape index (κ3) is 2.69. The van der Waals surface area contributed by atoms with Crippen molar-refractivity contribution >= 4 is 11.6 Å². The van der Waals surface area contributed by atoms with E-state index in [1.54, 1.807) is 12.0 Å². The Morgan fingerprint density at radius 2 is 2.29 bits per heavy atom. The molecule has 2 aliphatic heterocycles. The van der Waals surface area contributed by atoms with Gasteiger partial charge in [0.05, 0.1) is 6.61 Å². The van der Waals surface area contributed by atoms with Gasteiger partial charge in [-0.25, -0.2) is 0 Å². The summed E-state index contributed by atoms with van der Waals surface area (Å²) < 4.78 is 11.1. The van der Waals surface area contributed by atoms with E-state index in [1.807, 2.05) is 25.2 Å². The average Bonchev–Trinajstić information content (AvgIpc) is 2.99. The van der Waals surface area contributed by atoms with Crippen LogP contribution < -0.4 is 10.2 Å². The average molecular weight is 290 g/mol. The van der Waals surface area contributed by atoms with Crippen molar-refractivity contribution in [3.8, 4) is 0 Å². The zero-order chi connectivity index (χ0) is 14.9. The van der Waals surface area contributed by atoms with Gasteiger partial charge in [-0.1, -0.05) is 18.2 Å². The van der Waals surface area contributed by atoms with Gasteiger partial charge in [-0.2, -0.15) is 0 Å². The highest BCUT2D eigenvalue weighted by atomic mass is 16.5. The molecule has 0 aromatic heterocycles. The first-order chi connectivity index (χ1) is 10.2. The number of hydrogen-bond acceptors (Lipinski definition) is 4. The van der Waals surface area contributed by atoms with Gasteiger partial charge in [-0.15, -0.1) is 0 Å². The molecule has 5 heteroatoms. The Hall–Kier alpha value is -1.43. The third-order valence-corrected chi connectivity index (χ3v) is 4.60. The SMILES string of the molecule is COC1(CNC2CC(=O)N(C)c3ccccc32)CCOC1. The van der Waals surface area contributed by atoms with Gasteiger partial charge < -0.3 is 19.7 Å². The van der Waals surface area contributed by atoms with E-state index in [9.17, 15) is 4.79 Å². The Morgan fingerprint density at radius 3 is 3.00 bits per heavy atom. The highest BCUT2D eigenvalue weighted by Gasteiger charge is 2.37. The molecule has 5 nitrogen and oxygen atoms in total. The number of nitrogens with one attached hydrogen (secondary N) is 1. The topological polar surface area (TPSA) is 50.8 Å². The molecule has 0 spiro atoms. The molecule has 1 N–H and O–H groups in total. The van der Waals surface area contributed by atoms with E-state index in [-0.39, 0.29) is 17.6 Å². The first kappa shape index (κ1) is 14.5. The van der Waals surface area contributed by atoms with Gasteiger partial charge in [0, 0.05) is 51.9 Å². The maximum atomic E-state index is 12.1. The summed E-state index contributed by atoms with van der Waals surface area (Å²) in [5.74, 6) is 0.139. The quantitative estimate of drug-likeness (QED) is 0.913. The molecule has 1 saturated heterocycles. The number of ether oxygens (including phenoxy) is 2. The molecule has 0 radical (unpaired) electrons. The van der Waals surface area contributed by atoms with Gasteiger partial charge in [0.2, 0.25) is 5.91 Å². The first-order valence-electron chi connectivity index (χ1n) is 7.37. The molecule has 1 amide bonds. The lowest BCUT2D eigenvalue weighted by atomic mass is 9.94. The third-order valence-electron chi connectivity index (χ3n) is 4.60. The Kier molecular flexibility index (Phi) is 3.97. The van der Waals surface area contributed by atoms with Crippen LogP contribution in [0.2, 0.25) is 0 Å². The number of anilines is 1. The summed E-state index contributed by atoms with van der Waals surface area (Å²) in [6.45, 7) is 2.04. The number of para-hydroxylation sites is 1. The second-order valence-electron chi connectivity index (χ2n) is 5.84. The van der Waals surface area contributed by atoms with Crippen molar-refractivity contribution in [1.29, 1.82) is 0 Å². The number of benzene rings is 1. The summed E-state index contributed by atoms with van der Waals surface area (Å²) in [4.78, 5) is 13.9. The van der Waals surface area contributed by atoms with Crippen LogP contribution in [0.3, 0.4) is 0 Å². The van der Waals surface area contributed by atoms with Crippen molar-refractivity contribution in [2.45, 2.75) is 24.5 Å². The lowest BCUT2D eigenvalue weighted by Crippen LogP contribution is -2.46. The molecular weight excluding hydrogens is 268 g/mol. The highest BCUT2D eigenvalue weighted by Crippen LogP contribution is 2.34. The van der Waals surface area contributed by atoms with Crippen molar-refractivity contribution in [3.05, 3.63) is 29.8 Å². The number of fused-ring (bicyclic) bond motifs is 1. The zero-order valence-corrected chi connectivity index (χ0v) is 12.6. The van der Waals surface area contributed by atoms with Gasteiger partial charge in [0.15, 0.2) is 0 Å². The van der Waals surface area contributed by atoms with Gasteiger partial charge in [0.1, 0.15) is 5.60 Å². The molecule has 1 aromatic rings. The standard InChI is InChI=1S/C16H22N2O3/c1-18-14-6-4-3-5-12(14)13(9-15(18)19)17-10-16(20-2)7-8-21-11-16/h3-6,13,17H,7-11H2,1-2H3. The molecule has 21 heavy (non-hydrogen) atoms. The minimum atomic E-state index is -0.263. The molecule has 3 rings (SSSR count). The molecule has 0 saturated carbocycles. The maximum absolute atomic E-state index is 12.1. The van der Waals surface area contributed by atoms with E-state index in [1.165, 1.54) is 5.56 Å². The first-order valence-corrected chi connectivity index (χ1v) is 7.37. The van der Waals surface area contributed by atoms with Gasteiger partial charge in [-0.05, 0) is 11.6 Å². The Balaban J connectivity index is 1.77. The van der Waals surface area contributed by atoms with Crippen LogP contribution in [0.4, 0.5) is 5.69 Å². The molecule has 0 bridgehead atoms. The summed E-state index contributed by atoms with van der Waals surface area (Å²) in [5, 5.41) is 3.51. The molecule has 2 aliphatic rings. The molecule has 1 fully saturated rings. The Bertz CT molecular complexity index is 526. The van der Waals surface area contributed by atoms with Crippen molar-refractivity contribution in [2.24, 2.45) is 0 Å². The second kappa shape index (κ2) is 5.75. The monoisotopic (exact) mass is 290 g/mol. The fraction of sp³-hybridized carbons (Fsp3) is 0.562. The van der Waals surface area contributed by atoms with Crippen LogP contribution in [0.5, 0.6) is 0 Å². The lowest BCUT2D eigenvalue weighted by Gasteiger charge is -2.34. The van der Waals surface area contributed by atoms with Gasteiger partial charge >= 0.3 is 0 Å². The molecule has 2 heterocycles. The molecule has 2 atom stereocenters. The van der Waals surface area contributed by atoms with Crippen molar-refractivity contribution in [1.82, 2.24) is 5.32 Å². The Morgan fingerprint density at radius 1 is 1.48 bits per heavy atom. The van der Waals surface area contributed by atoms with E-state index < -0.39 is 0 Å². The van der Waals surface area contributed by atoms with Crippen LogP contribution in [0.15, 0.2) is 24.3 Å².